The topological polar surface area (TPSA) is 119 Å². The number of Topliss-reactive ketones (excluding diaryl/α,β-unsaturated/α-hetero) is 1. The molecule has 180 valence electrons. The second kappa shape index (κ2) is 10.7. The summed E-state index contributed by atoms with van der Waals surface area (Å²) in [5.41, 5.74) is 2.71. The lowest BCUT2D eigenvalue weighted by Crippen LogP contribution is -2.41. The fourth-order valence-electron chi connectivity index (χ4n) is 3.70. The molecule has 2 aliphatic rings. The number of rotatable bonds is 9. The van der Waals surface area contributed by atoms with Crippen LogP contribution in [0.2, 0.25) is 0 Å². The number of aromatic nitrogens is 4. The van der Waals surface area contributed by atoms with Crippen molar-refractivity contribution in [1.29, 1.82) is 0 Å². The van der Waals surface area contributed by atoms with Crippen LogP contribution in [0.1, 0.15) is 28.9 Å². The summed E-state index contributed by atoms with van der Waals surface area (Å²) in [4.78, 5) is 44.7. The maximum atomic E-state index is 13.0. The molecule has 3 aromatic rings. The van der Waals surface area contributed by atoms with Gasteiger partial charge in [-0.1, -0.05) is 0 Å². The van der Waals surface area contributed by atoms with Gasteiger partial charge >= 0.3 is 0 Å². The molecule has 5 rings (SSSR count). The quantitative estimate of drug-likeness (QED) is 0.465. The van der Waals surface area contributed by atoms with E-state index in [1.54, 1.807) is 49.2 Å². The molecule has 2 aromatic heterocycles. The van der Waals surface area contributed by atoms with E-state index in [2.05, 4.69) is 25.3 Å². The Kier molecular flexibility index (Phi) is 7.01. The van der Waals surface area contributed by atoms with Crippen LogP contribution in [-0.2, 0) is 16.0 Å². The van der Waals surface area contributed by atoms with Gasteiger partial charge in [0.05, 0.1) is 56.1 Å². The standard InChI is InChI=1S/C25H26N6O4/c32-23(12-18-13-29-22(15-28-18)21-14-26-5-6-27-21)17-1-4-24(35-19-2-3-19)20(11-17)30-25(33)16-31-7-9-34-10-8-31/h1,4-6,11,13-15,19H,2-3,7-10,12,16H2,(H,30,33). The number of nitrogens with one attached hydrogen (secondary N) is 1. The van der Waals surface area contributed by atoms with E-state index in [1.165, 1.54) is 0 Å². The number of hydrogen-bond acceptors (Lipinski definition) is 9. The van der Waals surface area contributed by atoms with Crippen LogP contribution >= 0.6 is 0 Å². The van der Waals surface area contributed by atoms with Gasteiger partial charge < -0.3 is 14.8 Å². The molecule has 1 N–H and O–H groups in total. The van der Waals surface area contributed by atoms with Crippen LogP contribution in [0.3, 0.4) is 0 Å². The summed E-state index contributed by atoms with van der Waals surface area (Å²) in [6.07, 6.45) is 10.2. The summed E-state index contributed by atoms with van der Waals surface area (Å²) in [5, 5.41) is 2.94. The molecule has 10 nitrogen and oxygen atoms in total. The number of nitrogens with zero attached hydrogens (tertiary/aromatic N) is 5. The summed E-state index contributed by atoms with van der Waals surface area (Å²) in [7, 11) is 0. The van der Waals surface area contributed by atoms with Crippen LogP contribution in [0.15, 0.2) is 49.2 Å². The van der Waals surface area contributed by atoms with Crippen LogP contribution in [0, 0.1) is 0 Å². The van der Waals surface area contributed by atoms with Gasteiger partial charge in [0.15, 0.2) is 5.78 Å². The molecule has 10 heteroatoms. The Morgan fingerprint density at radius 1 is 1.03 bits per heavy atom. The molecule has 0 bridgehead atoms. The van der Waals surface area contributed by atoms with E-state index >= 15 is 0 Å². The number of benzene rings is 1. The second-order valence-electron chi connectivity index (χ2n) is 8.55. The third-order valence-electron chi connectivity index (χ3n) is 5.74. The van der Waals surface area contributed by atoms with E-state index in [4.69, 9.17) is 9.47 Å². The van der Waals surface area contributed by atoms with Gasteiger partial charge in [-0.15, -0.1) is 0 Å². The van der Waals surface area contributed by atoms with Gasteiger partial charge in [0.25, 0.3) is 0 Å². The first-order chi connectivity index (χ1) is 17.1. The first-order valence-electron chi connectivity index (χ1n) is 11.7. The number of hydrogen-bond donors (Lipinski definition) is 1. The normalized spacial score (nSPS) is 16.0. The molecule has 35 heavy (non-hydrogen) atoms. The molecule has 3 heterocycles. The van der Waals surface area contributed by atoms with Crippen molar-refractivity contribution in [2.75, 3.05) is 38.2 Å². The molecule has 0 radical (unpaired) electrons. The van der Waals surface area contributed by atoms with Crippen molar-refractivity contribution in [2.24, 2.45) is 0 Å². The first kappa shape index (κ1) is 23.0. The lowest BCUT2D eigenvalue weighted by atomic mass is 10.1. The molecule has 1 saturated heterocycles. The molecule has 0 atom stereocenters. The van der Waals surface area contributed by atoms with Gasteiger partial charge in [-0.3, -0.25) is 34.4 Å². The van der Waals surface area contributed by atoms with E-state index in [1.807, 2.05) is 4.90 Å². The zero-order valence-corrected chi connectivity index (χ0v) is 19.2. The third-order valence-corrected chi connectivity index (χ3v) is 5.74. The Morgan fingerprint density at radius 3 is 2.57 bits per heavy atom. The van der Waals surface area contributed by atoms with E-state index < -0.39 is 0 Å². The van der Waals surface area contributed by atoms with Gasteiger partial charge in [0, 0.05) is 37.2 Å². The van der Waals surface area contributed by atoms with Crippen molar-refractivity contribution >= 4 is 17.4 Å². The number of ether oxygens (including phenoxy) is 2. The van der Waals surface area contributed by atoms with Gasteiger partial charge in [-0.2, -0.15) is 0 Å². The van der Waals surface area contributed by atoms with Crippen molar-refractivity contribution in [1.82, 2.24) is 24.8 Å². The average Bonchev–Trinajstić information content (AvgIpc) is 3.71. The second-order valence-corrected chi connectivity index (χ2v) is 8.55. The highest BCUT2D eigenvalue weighted by Gasteiger charge is 2.25. The SMILES string of the molecule is O=C(CN1CCOCC1)Nc1cc(C(=O)Cc2cnc(-c3cnccn3)cn2)ccc1OC1CC1. The molecular formula is C25H26N6O4. The molecule has 1 aliphatic carbocycles. The summed E-state index contributed by atoms with van der Waals surface area (Å²) < 4.78 is 11.3. The minimum absolute atomic E-state index is 0.0811. The Hall–Kier alpha value is -3.76. The molecule has 1 aromatic carbocycles. The Morgan fingerprint density at radius 2 is 1.86 bits per heavy atom. The predicted octanol–water partition coefficient (Wildman–Crippen LogP) is 2.17. The lowest BCUT2D eigenvalue weighted by Gasteiger charge is -2.26. The van der Waals surface area contributed by atoms with Crippen molar-refractivity contribution in [3.63, 3.8) is 0 Å². The molecule has 0 unspecified atom stereocenters. The van der Waals surface area contributed by atoms with Gasteiger partial charge in [0.2, 0.25) is 5.91 Å². The van der Waals surface area contributed by atoms with Crippen LogP contribution in [0.5, 0.6) is 5.75 Å². The van der Waals surface area contributed by atoms with Crippen LogP contribution in [-0.4, -0.2) is 75.5 Å². The van der Waals surface area contributed by atoms with Crippen molar-refractivity contribution < 1.29 is 19.1 Å². The maximum absolute atomic E-state index is 13.0. The fraction of sp³-hybridized carbons (Fsp3) is 0.360. The number of carbonyl (C=O) groups excluding carboxylic acids is 2. The highest BCUT2D eigenvalue weighted by molar-refractivity contribution is 6.00. The zero-order chi connectivity index (χ0) is 24.0. The van der Waals surface area contributed by atoms with Crippen LogP contribution in [0.4, 0.5) is 5.69 Å². The minimum atomic E-state index is -0.150. The first-order valence-corrected chi connectivity index (χ1v) is 11.7. The summed E-state index contributed by atoms with van der Waals surface area (Å²) >= 11 is 0. The van der Waals surface area contributed by atoms with Crippen molar-refractivity contribution in [3.8, 4) is 17.1 Å². The van der Waals surface area contributed by atoms with Gasteiger partial charge in [0.1, 0.15) is 17.1 Å². The zero-order valence-electron chi connectivity index (χ0n) is 19.2. The highest BCUT2D eigenvalue weighted by Crippen LogP contribution is 2.33. The number of anilines is 1. The number of morpholine rings is 1. The largest absolute Gasteiger partial charge is 0.488 e. The van der Waals surface area contributed by atoms with E-state index in [0.717, 1.165) is 12.8 Å². The molecular weight excluding hydrogens is 448 g/mol. The number of ketones is 1. The van der Waals surface area contributed by atoms with Crippen molar-refractivity contribution in [2.45, 2.75) is 25.4 Å². The minimum Gasteiger partial charge on any atom is -0.488 e. The Balaban J connectivity index is 1.27. The molecule has 2 fully saturated rings. The lowest BCUT2D eigenvalue weighted by molar-refractivity contribution is -0.118. The summed E-state index contributed by atoms with van der Waals surface area (Å²) in [6.45, 7) is 2.94. The molecule has 1 aliphatic heterocycles. The maximum Gasteiger partial charge on any atom is 0.238 e. The number of amides is 1. The molecule has 0 spiro atoms. The van der Waals surface area contributed by atoms with E-state index in [-0.39, 0.29) is 30.8 Å². The summed E-state index contributed by atoms with van der Waals surface area (Å²) in [5.74, 6) is 0.295. The van der Waals surface area contributed by atoms with E-state index in [0.29, 0.717) is 60.4 Å². The average molecular weight is 475 g/mol. The highest BCUT2D eigenvalue weighted by atomic mass is 16.5. The summed E-state index contributed by atoms with van der Waals surface area (Å²) in [6, 6.07) is 5.15. The van der Waals surface area contributed by atoms with Crippen LogP contribution < -0.4 is 10.1 Å². The fourth-order valence-corrected chi connectivity index (χ4v) is 3.70. The Bertz CT molecular complexity index is 1180. The van der Waals surface area contributed by atoms with Crippen LogP contribution in [0.25, 0.3) is 11.4 Å². The molecule has 1 saturated carbocycles. The molecule has 1 amide bonds. The van der Waals surface area contributed by atoms with Crippen molar-refractivity contribution in [3.05, 3.63) is 60.4 Å². The number of carbonyl (C=O) groups is 2. The van der Waals surface area contributed by atoms with Gasteiger partial charge in [-0.05, 0) is 31.0 Å². The predicted molar refractivity (Wildman–Crippen MR) is 127 cm³/mol. The Labute approximate surface area is 202 Å². The third kappa shape index (κ3) is 6.23. The van der Waals surface area contributed by atoms with Gasteiger partial charge in [-0.25, -0.2) is 0 Å². The van der Waals surface area contributed by atoms with E-state index in [9.17, 15) is 9.59 Å². The monoisotopic (exact) mass is 474 g/mol. The smallest absolute Gasteiger partial charge is 0.238 e.